The zero-order valence-electron chi connectivity index (χ0n) is 14.2. The number of benzene rings is 1. The van der Waals surface area contributed by atoms with Crippen molar-refractivity contribution >= 4 is 18.4 Å². The molecule has 0 saturated carbocycles. The minimum absolute atomic E-state index is 0.261. The maximum Gasteiger partial charge on any atom is 0.324 e. The summed E-state index contributed by atoms with van der Waals surface area (Å²) in [4.78, 5) is 13.9. The van der Waals surface area contributed by atoms with Crippen molar-refractivity contribution in [1.82, 2.24) is 15.0 Å². The van der Waals surface area contributed by atoms with E-state index in [4.69, 9.17) is 4.74 Å². The number of rotatable bonds is 6. The van der Waals surface area contributed by atoms with Crippen LogP contribution >= 0.6 is 12.6 Å². The summed E-state index contributed by atoms with van der Waals surface area (Å²) in [7, 11) is 0. The molecule has 5 nitrogen and oxygen atoms in total. The highest BCUT2D eigenvalue weighted by Gasteiger charge is 2.10. The Balaban J connectivity index is 1.81. The molecule has 3 aromatic rings. The molecule has 0 aliphatic heterocycles. The van der Waals surface area contributed by atoms with E-state index in [0.29, 0.717) is 24.1 Å². The first kappa shape index (κ1) is 17.2. The Bertz CT molecular complexity index is 840. The molecule has 2 heterocycles. The van der Waals surface area contributed by atoms with Gasteiger partial charge in [-0.15, -0.1) is 12.6 Å². The van der Waals surface area contributed by atoms with Gasteiger partial charge in [0.25, 0.3) is 0 Å². The number of thiol groups is 1. The molecule has 0 fully saturated rings. The van der Waals surface area contributed by atoms with Crippen LogP contribution in [0.1, 0.15) is 31.0 Å². The summed E-state index contributed by atoms with van der Waals surface area (Å²) >= 11 is 4.48. The van der Waals surface area contributed by atoms with Crippen LogP contribution in [0.5, 0.6) is 11.8 Å². The number of nitrogens with one attached hydrogen (secondary N) is 1. The highest BCUT2D eigenvalue weighted by Crippen LogP contribution is 2.23. The normalized spacial score (nSPS) is 10.7. The van der Waals surface area contributed by atoms with Crippen LogP contribution in [-0.4, -0.2) is 15.0 Å². The predicted molar refractivity (Wildman–Crippen MR) is 101 cm³/mol. The molecule has 128 valence electrons. The molecule has 25 heavy (non-hydrogen) atoms. The fourth-order valence-electron chi connectivity index (χ4n) is 2.23. The summed E-state index contributed by atoms with van der Waals surface area (Å²) in [5, 5.41) is 3.33. The average Bonchev–Trinajstić information content (AvgIpc) is 2.62. The molecule has 0 amide bonds. The zero-order valence-corrected chi connectivity index (χ0v) is 15.1. The standard InChI is InChI=1S/C19H20N4OS/c1-13(2)16-10-18(21-11-14-6-3-4-8-17(14)25)23-19(22-16)24-15-7-5-9-20-12-15/h3-10,12-13,25H,11H2,1-2H3,(H,21,22,23). The van der Waals surface area contributed by atoms with E-state index in [9.17, 15) is 0 Å². The quantitative estimate of drug-likeness (QED) is 0.630. The Morgan fingerprint density at radius 1 is 1.12 bits per heavy atom. The molecule has 0 aliphatic rings. The SMILES string of the molecule is CC(C)c1cc(NCc2ccccc2S)nc(Oc2cccnc2)n1. The smallest absolute Gasteiger partial charge is 0.324 e. The largest absolute Gasteiger partial charge is 0.423 e. The van der Waals surface area contributed by atoms with Crippen LogP contribution < -0.4 is 10.1 Å². The van der Waals surface area contributed by atoms with Crippen molar-refractivity contribution in [3.05, 3.63) is 66.1 Å². The van der Waals surface area contributed by atoms with Crippen LogP contribution in [0.3, 0.4) is 0 Å². The Morgan fingerprint density at radius 3 is 2.68 bits per heavy atom. The molecule has 0 spiro atoms. The lowest BCUT2D eigenvalue weighted by Gasteiger charge is -2.12. The van der Waals surface area contributed by atoms with Crippen molar-refractivity contribution in [1.29, 1.82) is 0 Å². The van der Waals surface area contributed by atoms with Crippen LogP contribution in [0.15, 0.2) is 59.8 Å². The maximum atomic E-state index is 5.75. The number of hydrogen-bond donors (Lipinski definition) is 2. The Morgan fingerprint density at radius 2 is 1.96 bits per heavy atom. The summed E-state index contributed by atoms with van der Waals surface area (Å²) in [6.45, 7) is 4.80. The second-order valence-corrected chi connectivity index (χ2v) is 6.37. The van der Waals surface area contributed by atoms with Gasteiger partial charge in [0.1, 0.15) is 11.6 Å². The lowest BCUT2D eigenvalue weighted by atomic mass is 10.1. The van der Waals surface area contributed by atoms with Crippen LogP contribution in [0.4, 0.5) is 5.82 Å². The third-order valence-electron chi connectivity index (χ3n) is 3.61. The van der Waals surface area contributed by atoms with Crippen LogP contribution in [-0.2, 0) is 6.54 Å². The summed E-state index contributed by atoms with van der Waals surface area (Å²) in [6.07, 6.45) is 3.33. The van der Waals surface area contributed by atoms with Crippen molar-refractivity contribution in [2.24, 2.45) is 0 Å². The number of hydrogen-bond acceptors (Lipinski definition) is 6. The van der Waals surface area contributed by atoms with E-state index in [1.54, 1.807) is 12.4 Å². The molecular weight excluding hydrogens is 332 g/mol. The van der Waals surface area contributed by atoms with Crippen molar-refractivity contribution in [2.75, 3.05) is 5.32 Å². The highest BCUT2D eigenvalue weighted by atomic mass is 32.1. The van der Waals surface area contributed by atoms with Crippen molar-refractivity contribution in [3.63, 3.8) is 0 Å². The number of anilines is 1. The van der Waals surface area contributed by atoms with Gasteiger partial charge in [0, 0.05) is 23.7 Å². The van der Waals surface area contributed by atoms with Crippen LogP contribution in [0.2, 0.25) is 0 Å². The zero-order chi connectivity index (χ0) is 17.6. The lowest BCUT2D eigenvalue weighted by Crippen LogP contribution is -2.06. The van der Waals surface area contributed by atoms with Crippen LogP contribution in [0, 0.1) is 0 Å². The number of aromatic nitrogens is 3. The summed E-state index contributed by atoms with van der Waals surface area (Å²) in [5.41, 5.74) is 2.01. The monoisotopic (exact) mass is 352 g/mol. The molecule has 0 radical (unpaired) electrons. The van der Waals surface area contributed by atoms with E-state index in [1.807, 2.05) is 42.5 Å². The van der Waals surface area contributed by atoms with Gasteiger partial charge in [-0.3, -0.25) is 4.98 Å². The molecule has 6 heteroatoms. The van der Waals surface area contributed by atoms with E-state index in [1.165, 1.54) is 0 Å². The Kier molecular flexibility index (Phi) is 5.50. The Labute approximate surface area is 152 Å². The minimum atomic E-state index is 0.261. The minimum Gasteiger partial charge on any atom is -0.423 e. The van der Waals surface area contributed by atoms with Gasteiger partial charge < -0.3 is 10.1 Å². The van der Waals surface area contributed by atoms with Gasteiger partial charge >= 0.3 is 6.01 Å². The highest BCUT2D eigenvalue weighted by molar-refractivity contribution is 7.80. The maximum absolute atomic E-state index is 5.75. The third kappa shape index (κ3) is 4.70. The molecule has 0 aliphatic carbocycles. The first-order chi connectivity index (χ1) is 12.1. The van der Waals surface area contributed by atoms with Gasteiger partial charge in [-0.25, -0.2) is 0 Å². The summed E-state index contributed by atoms with van der Waals surface area (Å²) < 4.78 is 5.75. The Hall–Kier alpha value is -2.60. The topological polar surface area (TPSA) is 59.9 Å². The van der Waals surface area contributed by atoms with E-state index >= 15 is 0 Å². The van der Waals surface area contributed by atoms with Gasteiger partial charge in [-0.05, 0) is 29.7 Å². The van der Waals surface area contributed by atoms with Crippen molar-refractivity contribution in [3.8, 4) is 11.8 Å². The van der Waals surface area contributed by atoms with E-state index in [-0.39, 0.29) is 5.92 Å². The van der Waals surface area contributed by atoms with Crippen LogP contribution in [0.25, 0.3) is 0 Å². The summed E-state index contributed by atoms with van der Waals surface area (Å²) in [5.74, 6) is 1.58. The fourth-order valence-corrected chi connectivity index (χ4v) is 2.47. The van der Waals surface area contributed by atoms with Gasteiger partial charge in [-0.1, -0.05) is 32.0 Å². The third-order valence-corrected chi connectivity index (χ3v) is 4.05. The molecule has 1 aromatic carbocycles. The molecule has 0 bridgehead atoms. The molecule has 1 N–H and O–H groups in total. The molecular formula is C19H20N4OS. The lowest BCUT2D eigenvalue weighted by molar-refractivity contribution is 0.437. The van der Waals surface area contributed by atoms with Gasteiger partial charge in [0.2, 0.25) is 0 Å². The molecule has 0 atom stereocenters. The first-order valence-corrected chi connectivity index (χ1v) is 8.54. The molecule has 0 saturated heterocycles. The average molecular weight is 352 g/mol. The molecule has 3 rings (SSSR count). The second-order valence-electron chi connectivity index (χ2n) is 5.89. The van der Waals surface area contributed by atoms with E-state index in [0.717, 1.165) is 16.2 Å². The second kappa shape index (κ2) is 7.98. The number of pyridine rings is 1. The van der Waals surface area contributed by atoms with Crippen molar-refractivity contribution in [2.45, 2.75) is 31.2 Å². The van der Waals surface area contributed by atoms with Gasteiger partial charge in [-0.2, -0.15) is 9.97 Å². The number of nitrogens with zero attached hydrogens (tertiary/aromatic N) is 3. The van der Waals surface area contributed by atoms with Gasteiger partial charge in [0.05, 0.1) is 11.9 Å². The number of ether oxygens (including phenoxy) is 1. The molecule has 0 unspecified atom stereocenters. The van der Waals surface area contributed by atoms with Gasteiger partial charge in [0.15, 0.2) is 0 Å². The first-order valence-electron chi connectivity index (χ1n) is 8.09. The fraction of sp³-hybridized carbons (Fsp3) is 0.211. The van der Waals surface area contributed by atoms with E-state index in [2.05, 4.69) is 46.7 Å². The molecule has 2 aromatic heterocycles. The predicted octanol–water partition coefficient (Wildman–Crippen LogP) is 4.69. The van der Waals surface area contributed by atoms with E-state index < -0.39 is 0 Å². The summed E-state index contributed by atoms with van der Waals surface area (Å²) in [6, 6.07) is 13.8. The van der Waals surface area contributed by atoms with Crippen molar-refractivity contribution < 1.29 is 4.74 Å².